The lowest BCUT2D eigenvalue weighted by Crippen LogP contribution is -1.95. The van der Waals surface area contributed by atoms with Gasteiger partial charge < -0.3 is 0 Å². The molecule has 1 fully saturated rings. The van der Waals surface area contributed by atoms with E-state index in [1.165, 1.54) is 17.1 Å². The highest BCUT2D eigenvalue weighted by Crippen LogP contribution is 2.19. The van der Waals surface area contributed by atoms with Crippen LogP contribution in [0.4, 0.5) is 0 Å². The van der Waals surface area contributed by atoms with E-state index in [-0.39, 0.29) is 0 Å². The van der Waals surface area contributed by atoms with E-state index < -0.39 is 0 Å². The van der Waals surface area contributed by atoms with Crippen molar-refractivity contribution in [3.05, 3.63) is 12.2 Å². The minimum absolute atomic E-state index is 1.14. The molecule has 0 aromatic rings. The summed E-state index contributed by atoms with van der Waals surface area (Å²) in [5, 5.41) is 0. The van der Waals surface area contributed by atoms with E-state index in [2.05, 4.69) is 0 Å². The van der Waals surface area contributed by atoms with E-state index >= 15 is 0 Å². The van der Waals surface area contributed by atoms with Crippen LogP contribution in [0.3, 0.4) is 0 Å². The van der Waals surface area contributed by atoms with Crippen LogP contribution in [0.2, 0.25) is 0 Å². The summed E-state index contributed by atoms with van der Waals surface area (Å²) in [6, 6.07) is 0. The summed E-state index contributed by atoms with van der Waals surface area (Å²) in [5.74, 6) is 2.48. The minimum Gasteiger partial charge on any atom is -0.161 e. The molecule has 0 saturated carbocycles. The molecule has 1 heteroatoms. The molecule has 0 spiro atoms. The topological polar surface area (TPSA) is 0 Å². The van der Waals surface area contributed by atoms with Crippen LogP contribution >= 0.6 is 11.8 Å². The second-order valence-corrected chi connectivity index (χ2v) is 3.00. The summed E-state index contributed by atoms with van der Waals surface area (Å²) in [4.78, 5) is 0. The first kappa shape index (κ1) is 5.23. The summed E-state index contributed by atoms with van der Waals surface area (Å²) in [5.41, 5.74) is 1.19. The molecule has 39 valence electrons. The van der Waals surface area contributed by atoms with Crippen molar-refractivity contribution < 1.29 is 0 Å². The van der Waals surface area contributed by atoms with Crippen LogP contribution in [0, 0.1) is 6.58 Å². The lowest BCUT2D eigenvalue weighted by Gasteiger charge is -2.09. The summed E-state index contributed by atoms with van der Waals surface area (Å²) in [6.07, 6.45) is 2.29. The molecule has 0 aromatic heterocycles. The summed E-state index contributed by atoms with van der Waals surface area (Å²) in [7, 11) is 0. The number of rotatable bonds is 0. The average molecular weight is 113 g/mol. The fraction of sp³-hybridized carbons (Fsp3) is 0.667. The molecular formula is C6H9S. The number of hydrogen-bond acceptors (Lipinski definition) is 1. The van der Waals surface area contributed by atoms with Crippen molar-refractivity contribution in [2.45, 2.75) is 12.8 Å². The van der Waals surface area contributed by atoms with Crippen LogP contribution in [0.5, 0.6) is 0 Å². The Kier molecular flexibility index (Phi) is 1.80. The molecule has 0 aromatic carbocycles. The molecule has 0 N–H and O–H groups in total. The quantitative estimate of drug-likeness (QED) is 0.462. The SMILES string of the molecule is [CH]=C1CCSCC1. The molecule has 0 atom stereocenters. The lowest BCUT2D eigenvalue weighted by molar-refractivity contribution is 0.969. The fourth-order valence-electron chi connectivity index (χ4n) is 0.634. The Labute approximate surface area is 49.0 Å². The number of thioether (sulfide) groups is 1. The molecule has 1 rings (SSSR count). The summed E-state index contributed by atoms with van der Waals surface area (Å²) < 4.78 is 0. The third-order valence-electron chi connectivity index (χ3n) is 1.14. The highest BCUT2D eigenvalue weighted by Gasteiger charge is 2.00. The van der Waals surface area contributed by atoms with Crippen molar-refractivity contribution >= 4 is 11.8 Å². The van der Waals surface area contributed by atoms with Gasteiger partial charge in [0.15, 0.2) is 0 Å². The number of allylic oxidation sites excluding steroid dienone is 1. The Morgan fingerprint density at radius 1 is 1.29 bits per heavy atom. The predicted molar refractivity (Wildman–Crippen MR) is 34.4 cm³/mol. The second kappa shape index (κ2) is 2.41. The molecule has 0 nitrogen and oxygen atoms in total. The standard InChI is InChI=1S/C6H9S/c1-6-2-4-7-5-3-6/h1H,2-5H2. The molecule has 0 amide bonds. The minimum atomic E-state index is 1.14. The molecule has 0 unspecified atom stereocenters. The van der Waals surface area contributed by atoms with Crippen molar-refractivity contribution in [3.8, 4) is 0 Å². The zero-order chi connectivity index (χ0) is 5.11. The zero-order valence-corrected chi connectivity index (χ0v) is 5.13. The predicted octanol–water partition coefficient (Wildman–Crippen LogP) is 1.87. The third kappa shape index (κ3) is 1.56. The lowest BCUT2D eigenvalue weighted by atomic mass is 10.2. The first-order valence-corrected chi connectivity index (χ1v) is 3.73. The molecule has 7 heavy (non-hydrogen) atoms. The van der Waals surface area contributed by atoms with Crippen LogP contribution in [-0.4, -0.2) is 11.5 Å². The summed E-state index contributed by atoms with van der Waals surface area (Å²) >= 11 is 2.00. The van der Waals surface area contributed by atoms with Gasteiger partial charge in [0.05, 0.1) is 0 Å². The van der Waals surface area contributed by atoms with Crippen molar-refractivity contribution in [1.82, 2.24) is 0 Å². The Balaban J connectivity index is 2.25. The van der Waals surface area contributed by atoms with E-state index in [1.54, 1.807) is 0 Å². The molecule has 1 aliphatic heterocycles. The molecule has 1 saturated heterocycles. The zero-order valence-electron chi connectivity index (χ0n) is 4.31. The number of hydrogen-bond donors (Lipinski definition) is 0. The fourth-order valence-corrected chi connectivity index (χ4v) is 1.65. The van der Waals surface area contributed by atoms with Gasteiger partial charge in [-0.2, -0.15) is 11.8 Å². The smallest absolute Gasteiger partial charge is 0.00300 e. The van der Waals surface area contributed by atoms with Crippen molar-refractivity contribution in [2.24, 2.45) is 0 Å². The maximum absolute atomic E-state index is 5.54. The first-order chi connectivity index (χ1) is 3.39. The molecule has 0 aliphatic carbocycles. The van der Waals surface area contributed by atoms with E-state index in [9.17, 15) is 0 Å². The third-order valence-corrected chi connectivity index (χ3v) is 2.12. The van der Waals surface area contributed by atoms with Crippen LogP contribution in [0.25, 0.3) is 0 Å². The largest absolute Gasteiger partial charge is 0.161 e. The van der Waals surface area contributed by atoms with Gasteiger partial charge in [0.2, 0.25) is 0 Å². The van der Waals surface area contributed by atoms with Gasteiger partial charge in [0.25, 0.3) is 0 Å². The van der Waals surface area contributed by atoms with Gasteiger partial charge in [-0.1, -0.05) is 12.2 Å². The van der Waals surface area contributed by atoms with Crippen LogP contribution in [0.15, 0.2) is 5.57 Å². The van der Waals surface area contributed by atoms with Gasteiger partial charge in [0, 0.05) is 0 Å². The maximum Gasteiger partial charge on any atom is -0.00300 e. The highest BCUT2D eigenvalue weighted by atomic mass is 32.2. The Bertz CT molecular complexity index is 68.2. The van der Waals surface area contributed by atoms with Gasteiger partial charge in [0.1, 0.15) is 0 Å². The molecular weight excluding hydrogens is 104 g/mol. The van der Waals surface area contributed by atoms with Crippen molar-refractivity contribution in [3.63, 3.8) is 0 Å². The first-order valence-electron chi connectivity index (χ1n) is 2.57. The summed E-state index contributed by atoms with van der Waals surface area (Å²) in [6.45, 7) is 5.54. The van der Waals surface area contributed by atoms with Gasteiger partial charge in [-0.15, -0.1) is 0 Å². The van der Waals surface area contributed by atoms with Gasteiger partial charge in [-0.25, -0.2) is 0 Å². The van der Waals surface area contributed by atoms with Crippen molar-refractivity contribution in [2.75, 3.05) is 11.5 Å². The van der Waals surface area contributed by atoms with Crippen molar-refractivity contribution in [1.29, 1.82) is 0 Å². The van der Waals surface area contributed by atoms with Gasteiger partial charge in [-0.3, -0.25) is 0 Å². The highest BCUT2D eigenvalue weighted by molar-refractivity contribution is 7.99. The molecule has 1 radical (unpaired) electrons. The van der Waals surface area contributed by atoms with Crippen LogP contribution < -0.4 is 0 Å². The molecule has 1 aliphatic rings. The van der Waals surface area contributed by atoms with Gasteiger partial charge >= 0.3 is 0 Å². The van der Waals surface area contributed by atoms with Crippen LogP contribution in [0.1, 0.15) is 12.8 Å². The van der Waals surface area contributed by atoms with Gasteiger partial charge in [-0.05, 0) is 24.3 Å². The van der Waals surface area contributed by atoms with E-state index in [0.29, 0.717) is 0 Å². The van der Waals surface area contributed by atoms with E-state index in [4.69, 9.17) is 6.58 Å². The van der Waals surface area contributed by atoms with Crippen LogP contribution in [-0.2, 0) is 0 Å². The van der Waals surface area contributed by atoms with E-state index in [1.807, 2.05) is 11.8 Å². The maximum atomic E-state index is 5.54. The normalized spacial score (nSPS) is 22.6. The Hall–Kier alpha value is 0.0900. The average Bonchev–Trinajstić information content (AvgIpc) is 1.69. The Morgan fingerprint density at radius 2 is 1.86 bits per heavy atom. The molecule has 1 heterocycles. The van der Waals surface area contributed by atoms with E-state index in [0.717, 1.165) is 12.8 Å². The molecule has 0 bridgehead atoms. The second-order valence-electron chi connectivity index (χ2n) is 1.77. The monoisotopic (exact) mass is 113 g/mol. The Morgan fingerprint density at radius 3 is 2.14 bits per heavy atom.